The topological polar surface area (TPSA) is 66.6 Å². The van der Waals surface area contributed by atoms with E-state index in [1.165, 1.54) is 11.0 Å². The van der Waals surface area contributed by atoms with Crippen molar-refractivity contribution in [2.24, 2.45) is 5.73 Å². The molecule has 3 rings (SSSR count). The van der Waals surface area contributed by atoms with Crippen LogP contribution in [0.15, 0.2) is 42.5 Å². The predicted molar refractivity (Wildman–Crippen MR) is 77.9 cm³/mol. The number of fused-ring (bicyclic) bond motifs is 1. The highest BCUT2D eigenvalue weighted by Crippen LogP contribution is 2.29. The lowest BCUT2D eigenvalue weighted by Crippen LogP contribution is -2.46. The van der Waals surface area contributed by atoms with E-state index >= 15 is 0 Å². The SMILES string of the molecule is NC1Cc2ccccc2N(C(=O)c2ccc(F)cc2O)C1. The molecule has 4 nitrogen and oxygen atoms in total. The van der Waals surface area contributed by atoms with Crippen LogP contribution in [0.1, 0.15) is 15.9 Å². The number of para-hydroxylation sites is 1. The van der Waals surface area contributed by atoms with E-state index in [0.29, 0.717) is 13.0 Å². The quantitative estimate of drug-likeness (QED) is 0.843. The molecule has 108 valence electrons. The maximum absolute atomic E-state index is 13.0. The zero-order chi connectivity index (χ0) is 15.0. The number of anilines is 1. The van der Waals surface area contributed by atoms with Gasteiger partial charge in [0.15, 0.2) is 0 Å². The van der Waals surface area contributed by atoms with E-state index in [0.717, 1.165) is 23.4 Å². The summed E-state index contributed by atoms with van der Waals surface area (Å²) in [5.41, 5.74) is 7.85. The van der Waals surface area contributed by atoms with Crippen molar-refractivity contribution < 1.29 is 14.3 Å². The molecule has 0 aliphatic carbocycles. The Morgan fingerprint density at radius 1 is 1.29 bits per heavy atom. The van der Waals surface area contributed by atoms with Crippen molar-refractivity contribution in [1.82, 2.24) is 0 Å². The lowest BCUT2D eigenvalue weighted by molar-refractivity contribution is 0.0981. The van der Waals surface area contributed by atoms with Gasteiger partial charge in [-0.15, -0.1) is 0 Å². The molecule has 5 heteroatoms. The number of phenols is 1. The summed E-state index contributed by atoms with van der Waals surface area (Å²) in [6.45, 7) is 0.368. The number of carbonyl (C=O) groups is 1. The van der Waals surface area contributed by atoms with Crippen LogP contribution < -0.4 is 10.6 Å². The van der Waals surface area contributed by atoms with Gasteiger partial charge in [0.25, 0.3) is 5.91 Å². The van der Waals surface area contributed by atoms with Gasteiger partial charge in [0.2, 0.25) is 0 Å². The highest BCUT2D eigenvalue weighted by atomic mass is 19.1. The molecule has 0 fully saturated rings. The summed E-state index contributed by atoms with van der Waals surface area (Å²) in [6.07, 6.45) is 0.704. The number of rotatable bonds is 1. The number of halogens is 1. The van der Waals surface area contributed by atoms with E-state index < -0.39 is 5.82 Å². The first-order valence-corrected chi connectivity index (χ1v) is 6.70. The van der Waals surface area contributed by atoms with E-state index in [4.69, 9.17) is 5.73 Å². The number of nitrogens with zero attached hydrogens (tertiary/aromatic N) is 1. The summed E-state index contributed by atoms with van der Waals surface area (Å²) < 4.78 is 13.0. The van der Waals surface area contributed by atoms with Crippen molar-refractivity contribution in [2.75, 3.05) is 11.4 Å². The number of carbonyl (C=O) groups excluding carboxylic acids is 1. The first-order valence-electron chi connectivity index (χ1n) is 6.70. The molecule has 21 heavy (non-hydrogen) atoms. The van der Waals surface area contributed by atoms with Crippen molar-refractivity contribution in [3.05, 3.63) is 59.4 Å². The Morgan fingerprint density at radius 2 is 2.05 bits per heavy atom. The Kier molecular flexibility index (Phi) is 3.35. The monoisotopic (exact) mass is 286 g/mol. The molecule has 0 radical (unpaired) electrons. The molecule has 2 aromatic rings. The second kappa shape index (κ2) is 5.18. The maximum Gasteiger partial charge on any atom is 0.262 e. The molecule has 1 aliphatic heterocycles. The lowest BCUT2D eigenvalue weighted by atomic mass is 9.97. The van der Waals surface area contributed by atoms with E-state index in [9.17, 15) is 14.3 Å². The smallest absolute Gasteiger partial charge is 0.262 e. The van der Waals surface area contributed by atoms with Gasteiger partial charge in [0, 0.05) is 24.3 Å². The zero-order valence-corrected chi connectivity index (χ0v) is 11.3. The van der Waals surface area contributed by atoms with E-state index in [1.54, 1.807) is 0 Å². The zero-order valence-electron chi connectivity index (χ0n) is 11.3. The highest BCUT2D eigenvalue weighted by molar-refractivity contribution is 6.08. The number of amides is 1. The van der Waals surface area contributed by atoms with Crippen molar-refractivity contribution in [3.63, 3.8) is 0 Å². The summed E-state index contributed by atoms with van der Waals surface area (Å²) in [6, 6.07) is 10.7. The molecule has 1 amide bonds. The fourth-order valence-electron chi connectivity index (χ4n) is 2.65. The molecule has 1 heterocycles. The molecule has 1 atom stereocenters. The Balaban J connectivity index is 2.02. The molecule has 1 aliphatic rings. The van der Waals surface area contributed by atoms with Crippen LogP contribution >= 0.6 is 0 Å². The molecule has 1 unspecified atom stereocenters. The number of phenolic OH excluding ortho intramolecular Hbond substituents is 1. The highest BCUT2D eigenvalue weighted by Gasteiger charge is 2.28. The van der Waals surface area contributed by atoms with Crippen LogP contribution in [-0.2, 0) is 6.42 Å². The van der Waals surface area contributed by atoms with Gasteiger partial charge in [0.05, 0.1) is 5.56 Å². The van der Waals surface area contributed by atoms with Crippen LogP contribution in [0.5, 0.6) is 5.75 Å². The maximum atomic E-state index is 13.0. The van der Waals surface area contributed by atoms with Crippen LogP contribution in [0.4, 0.5) is 10.1 Å². The Hall–Kier alpha value is -2.40. The number of hydrogen-bond donors (Lipinski definition) is 2. The summed E-state index contributed by atoms with van der Waals surface area (Å²) >= 11 is 0. The fourth-order valence-corrected chi connectivity index (χ4v) is 2.65. The normalized spacial score (nSPS) is 17.4. The molecular weight excluding hydrogens is 271 g/mol. The summed E-state index contributed by atoms with van der Waals surface area (Å²) in [5.74, 6) is -1.33. The molecule has 0 saturated heterocycles. The standard InChI is InChI=1S/C16H15FN2O2/c17-11-5-6-13(15(20)8-11)16(21)19-9-12(18)7-10-3-1-2-4-14(10)19/h1-6,8,12,20H,7,9,18H2. The molecule has 0 bridgehead atoms. The summed E-state index contributed by atoms with van der Waals surface area (Å²) in [4.78, 5) is 14.2. The first kappa shape index (κ1) is 13.6. The minimum Gasteiger partial charge on any atom is -0.507 e. The molecule has 0 saturated carbocycles. The second-order valence-electron chi connectivity index (χ2n) is 5.17. The van der Waals surface area contributed by atoms with Gasteiger partial charge in [0.1, 0.15) is 11.6 Å². The molecule has 0 aromatic heterocycles. The van der Waals surface area contributed by atoms with Gasteiger partial charge < -0.3 is 15.7 Å². The molecule has 2 aromatic carbocycles. The largest absolute Gasteiger partial charge is 0.507 e. The second-order valence-corrected chi connectivity index (χ2v) is 5.17. The third kappa shape index (κ3) is 2.48. The van der Waals surface area contributed by atoms with E-state index in [-0.39, 0.29) is 23.3 Å². The summed E-state index contributed by atoms with van der Waals surface area (Å²) in [5, 5.41) is 9.79. The first-order chi connectivity index (χ1) is 10.1. The Labute approximate surface area is 121 Å². The van der Waals surface area contributed by atoms with Gasteiger partial charge in [-0.25, -0.2) is 4.39 Å². The molecular formula is C16H15FN2O2. The average Bonchev–Trinajstić information content (AvgIpc) is 2.45. The van der Waals surface area contributed by atoms with Gasteiger partial charge >= 0.3 is 0 Å². The number of hydrogen-bond acceptors (Lipinski definition) is 3. The minimum atomic E-state index is -0.584. The van der Waals surface area contributed by atoms with E-state index in [2.05, 4.69) is 0 Å². The third-order valence-electron chi connectivity index (χ3n) is 3.62. The molecule has 3 N–H and O–H groups in total. The van der Waals surface area contributed by atoms with Crippen LogP contribution in [0.3, 0.4) is 0 Å². The van der Waals surface area contributed by atoms with Crippen molar-refractivity contribution in [1.29, 1.82) is 0 Å². The van der Waals surface area contributed by atoms with Crippen LogP contribution in [-0.4, -0.2) is 23.6 Å². The van der Waals surface area contributed by atoms with Gasteiger partial charge in [-0.2, -0.15) is 0 Å². The Bertz CT molecular complexity index is 702. The lowest BCUT2D eigenvalue weighted by Gasteiger charge is -2.33. The average molecular weight is 286 g/mol. The van der Waals surface area contributed by atoms with Gasteiger partial charge in [-0.3, -0.25) is 4.79 Å². The fraction of sp³-hybridized carbons (Fsp3) is 0.188. The number of benzene rings is 2. The van der Waals surface area contributed by atoms with Gasteiger partial charge in [-0.05, 0) is 30.2 Å². The number of aromatic hydroxyl groups is 1. The predicted octanol–water partition coefficient (Wildman–Crippen LogP) is 2.06. The van der Waals surface area contributed by atoms with Gasteiger partial charge in [-0.1, -0.05) is 18.2 Å². The van der Waals surface area contributed by atoms with Crippen molar-refractivity contribution in [3.8, 4) is 5.75 Å². The molecule has 0 spiro atoms. The van der Waals surface area contributed by atoms with Crippen molar-refractivity contribution >= 4 is 11.6 Å². The number of nitrogens with two attached hydrogens (primary N) is 1. The van der Waals surface area contributed by atoms with E-state index in [1.807, 2.05) is 24.3 Å². The van der Waals surface area contributed by atoms with Crippen LogP contribution in [0, 0.1) is 5.82 Å². The Morgan fingerprint density at radius 3 is 2.81 bits per heavy atom. The third-order valence-corrected chi connectivity index (χ3v) is 3.62. The van der Waals surface area contributed by atoms with Crippen LogP contribution in [0.25, 0.3) is 0 Å². The summed E-state index contributed by atoms with van der Waals surface area (Å²) in [7, 11) is 0. The minimum absolute atomic E-state index is 0.0697. The van der Waals surface area contributed by atoms with Crippen molar-refractivity contribution in [2.45, 2.75) is 12.5 Å². The van der Waals surface area contributed by atoms with Crippen LogP contribution in [0.2, 0.25) is 0 Å².